The van der Waals surface area contributed by atoms with Gasteiger partial charge in [-0.3, -0.25) is 9.78 Å². The highest BCUT2D eigenvalue weighted by Gasteiger charge is 2.33. The summed E-state index contributed by atoms with van der Waals surface area (Å²) in [6.45, 7) is 2.75. The SMILES string of the molecule is Cc1cn(C)c(C2CCCN2C(=O)c2cnc3ccccc3c2)n1. The first-order valence-corrected chi connectivity index (χ1v) is 8.29. The molecule has 0 N–H and O–H groups in total. The van der Waals surface area contributed by atoms with Crippen molar-refractivity contribution in [2.75, 3.05) is 6.54 Å². The van der Waals surface area contributed by atoms with E-state index in [0.29, 0.717) is 5.56 Å². The van der Waals surface area contributed by atoms with Crippen molar-refractivity contribution >= 4 is 16.8 Å². The number of aryl methyl sites for hydroxylation is 2. The Hall–Kier alpha value is -2.69. The van der Waals surface area contributed by atoms with Crippen molar-refractivity contribution in [3.63, 3.8) is 0 Å². The van der Waals surface area contributed by atoms with Crippen LogP contribution in [0.25, 0.3) is 10.9 Å². The van der Waals surface area contributed by atoms with Gasteiger partial charge < -0.3 is 9.47 Å². The van der Waals surface area contributed by atoms with E-state index < -0.39 is 0 Å². The van der Waals surface area contributed by atoms with Gasteiger partial charge in [-0.1, -0.05) is 18.2 Å². The molecule has 4 rings (SSSR count). The van der Waals surface area contributed by atoms with E-state index in [0.717, 1.165) is 41.8 Å². The molecule has 2 aromatic heterocycles. The van der Waals surface area contributed by atoms with Crippen LogP contribution in [-0.2, 0) is 7.05 Å². The first-order chi connectivity index (χ1) is 11.6. The van der Waals surface area contributed by atoms with Crippen LogP contribution in [0.15, 0.2) is 42.7 Å². The second kappa shape index (κ2) is 5.74. The summed E-state index contributed by atoms with van der Waals surface area (Å²) in [6.07, 6.45) is 5.65. The second-order valence-corrected chi connectivity index (χ2v) is 6.42. The Labute approximate surface area is 140 Å². The Bertz CT molecular complexity index is 915. The highest BCUT2D eigenvalue weighted by molar-refractivity contribution is 5.97. The van der Waals surface area contributed by atoms with E-state index in [2.05, 4.69) is 9.97 Å². The number of likely N-dealkylation sites (tertiary alicyclic amines) is 1. The first-order valence-electron chi connectivity index (χ1n) is 8.29. The van der Waals surface area contributed by atoms with E-state index in [-0.39, 0.29) is 11.9 Å². The molecule has 3 aromatic rings. The van der Waals surface area contributed by atoms with Gasteiger partial charge >= 0.3 is 0 Å². The number of nitrogens with zero attached hydrogens (tertiary/aromatic N) is 4. The molecule has 1 aromatic carbocycles. The molecular formula is C19H20N4O. The molecule has 1 amide bonds. The summed E-state index contributed by atoms with van der Waals surface area (Å²) in [4.78, 5) is 24.0. The van der Waals surface area contributed by atoms with Gasteiger partial charge in [0.15, 0.2) is 0 Å². The number of hydrogen-bond acceptors (Lipinski definition) is 3. The molecule has 1 fully saturated rings. The molecule has 3 heterocycles. The summed E-state index contributed by atoms with van der Waals surface area (Å²) >= 11 is 0. The molecule has 122 valence electrons. The third-order valence-electron chi connectivity index (χ3n) is 4.68. The minimum atomic E-state index is 0.0383. The molecular weight excluding hydrogens is 300 g/mol. The van der Waals surface area contributed by atoms with Gasteiger partial charge in [0.25, 0.3) is 5.91 Å². The van der Waals surface area contributed by atoms with Crippen LogP contribution in [0.4, 0.5) is 0 Å². The molecule has 1 atom stereocenters. The molecule has 0 saturated carbocycles. The average molecular weight is 320 g/mol. The number of aromatic nitrogens is 3. The molecule has 1 aliphatic heterocycles. The largest absolute Gasteiger partial charge is 0.336 e. The van der Waals surface area contributed by atoms with Crippen LogP contribution >= 0.6 is 0 Å². The van der Waals surface area contributed by atoms with Crippen LogP contribution in [0.3, 0.4) is 0 Å². The van der Waals surface area contributed by atoms with Crippen LogP contribution in [-0.4, -0.2) is 31.9 Å². The molecule has 0 aliphatic carbocycles. The van der Waals surface area contributed by atoms with E-state index >= 15 is 0 Å². The predicted octanol–water partition coefficient (Wildman–Crippen LogP) is 3.25. The molecule has 5 nitrogen and oxygen atoms in total. The minimum absolute atomic E-state index is 0.0383. The lowest BCUT2D eigenvalue weighted by Crippen LogP contribution is -2.31. The smallest absolute Gasteiger partial charge is 0.256 e. The molecule has 5 heteroatoms. The van der Waals surface area contributed by atoms with Crippen molar-refractivity contribution in [1.82, 2.24) is 19.4 Å². The third-order valence-corrected chi connectivity index (χ3v) is 4.68. The summed E-state index contributed by atoms with van der Waals surface area (Å²) in [5.41, 5.74) is 2.54. The van der Waals surface area contributed by atoms with E-state index in [9.17, 15) is 4.79 Å². The number of para-hydroxylation sites is 1. The monoisotopic (exact) mass is 320 g/mol. The normalized spacial score (nSPS) is 17.6. The number of carbonyl (C=O) groups excluding carboxylic acids is 1. The summed E-state index contributed by atoms with van der Waals surface area (Å²) in [7, 11) is 1.99. The zero-order chi connectivity index (χ0) is 16.7. The Morgan fingerprint density at radius 3 is 2.92 bits per heavy atom. The zero-order valence-electron chi connectivity index (χ0n) is 13.9. The van der Waals surface area contributed by atoms with Gasteiger partial charge in [0.1, 0.15) is 5.82 Å². The van der Waals surface area contributed by atoms with Crippen molar-refractivity contribution in [2.24, 2.45) is 7.05 Å². The van der Waals surface area contributed by atoms with Gasteiger partial charge in [0, 0.05) is 31.4 Å². The van der Waals surface area contributed by atoms with Gasteiger partial charge in [0.2, 0.25) is 0 Å². The Balaban J connectivity index is 1.68. The number of hydrogen-bond donors (Lipinski definition) is 0. The summed E-state index contributed by atoms with van der Waals surface area (Å²) in [6, 6.07) is 9.85. The van der Waals surface area contributed by atoms with Crippen LogP contribution < -0.4 is 0 Å². The van der Waals surface area contributed by atoms with Gasteiger partial charge in [-0.05, 0) is 31.9 Å². The molecule has 1 aliphatic rings. The number of carbonyl (C=O) groups is 1. The summed E-state index contributed by atoms with van der Waals surface area (Å²) in [5.74, 6) is 1.00. The van der Waals surface area contributed by atoms with Crippen molar-refractivity contribution in [2.45, 2.75) is 25.8 Å². The number of pyridine rings is 1. The minimum Gasteiger partial charge on any atom is -0.336 e. The lowest BCUT2D eigenvalue weighted by atomic mass is 10.1. The Morgan fingerprint density at radius 1 is 1.29 bits per heavy atom. The lowest BCUT2D eigenvalue weighted by molar-refractivity contribution is 0.0728. The summed E-state index contributed by atoms with van der Waals surface area (Å²) < 4.78 is 2.03. The van der Waals surface area contributed by atoms with Crippen molar-refractivity contribution in [3.8, 4) is 0 Å². The first kappa shape index (κ1) is 14.9. The fourth-order valence-corrected chi connectivity index (χ4v) is 3.58. The van der Waals surface area contributed by atoms with Gasteiger partial charge in [-0.15, -0.1) is 0 Å². The topological polar surface area (TPSA) is 51.0 Å². The third kappa shape index (κ3) is 2.46. The molecule has 24 heavy (non-hydrogen) atoms. The number of rotatable bonds is 2. The zero-order valence-corrected chi connectivity index (χ0v) is 13.9. The van der Waals surface area contributed by atoms with E-state index in [1.165, 1.54) is 0 Å². The highest BCUT2D eigenvalue weighted by Crippen LogP contribution is 2.32. The van der Waals surface area contributed by atoms with Crippen LogP contribution in [0, 0.1) is 6.92 Å². The molecule has 0 radical (unpaired) electrons. The van der Waals surface area contributed by atoms with Crippen molar-refractivity contribution < 1.29 is 4.79 Å². The molecule has 0 spiro atoms. The highest BCUT2D eigenvalue weighted by atomic mass is 16.2. The quantitative estimate of drug-likeness (QED) is 0.728. The van der Waals surface area contributed by atoms with Crippen LogP contribution in [0.5, 0.6) is 0 Å². The van der Waals surface area contributed by atoms with E-state index in [1.807, 2.05) is 60.0 Å². The number of imidazole rings is 1. The van der Waals surface area contributed by atoms with Crippen LogP contribution in [0.1, 0.15) is 40.8 Å². The number of fused-ring (bicyclic) bond motifs is 1. The maximum absolute atomic E-state index is 13.0. The Morgan fingerprint density at radius 2 is 2.12 bits per heavy atom. The average Bonchev–Trinajstić information content (AvgIpc) is 3.19. The maximum Gasteiger partial charge on any atom is 0.256 e. The lowest BCUT2D eigenvalue weighted by Gasteiger charge is -2.24. The number of amides is 1. The Kier molecular flexibility index (Phi) is 3.56. The maximum atomic E-state index is 13.0. The van der Waals surface area contributed by atoms with Crippen molar-refractivity contribution in [3.05, 3.63) is 59.8 Å². The van der Waals surface area contributed by atoms with Crippen LogP contribution in [0.2, 0.25) is 0 Å². The fourth-order valence-electron chi connectivity index (χ4n) is 3.58. The van der Waals surface area contributed by atoms with E-state index in [4.69, 9.17) is 0 Å². The standard InChI is InChI=1S/C19H20N4O/c1-13-12-22(2)18(21-13)17-8-5-9-23(17)19(24)15-10-14-6-3-4-7-16(14)20-11-15/h3-4,6-7,10-12,17H,5,8-9H2,1-2H3. The van der Waals surface area contributed by atoms with Gasteiger partial charge in [0.05, 0.1) is 22.8 Å². The predicted molar refractivity (Wildman–Crippen MR) is 92.7 cm³/mol. The van der Waals surface area contributed by atoms with Gasteiger partial charge in [-0.25, -0.2) is 4.98 Å². The second-order valence-electron chi connectivity index (χ2n) is 6.42. The molecule has 0 bridgehead atoms. The van der Waals surface area contributed by atoms with E-state index in [1.54, 1.807) is 6.20 Å². The fraction of sp³-hybridized carbons (Fsp3) is 0.316. The molecule has 1 unspecified atom stereocenters. The number of benzene rings is 1. The van der Waals surface area contributed by atoms with Gasteiger partial charge in [-0.2, -0.15) is 0 Å². The summed E-state index contributed by atoms with van der Waals surface area (Å²) in [5, 5.41) is 0.993. The van der Waals surface area contributed by atoms with Crippen molar-refractivity contribution in [1.29, 1.82) is 0 Å². The molecule has 1 saturated heterocycles.